The van der Waals surface area contributed by atoms with E-state index in [0.29, 0.717) is 24.2 Å². The smallest absolute Gasteiger partial charge is 0.254 e. The summed E-state index contributed by atoms with van der Waals surface area (Å²) in [4.78, 5) is 26.3. The van der Waals surface area contributed by atoms with Crippen LogP contribution in [0.2, 0.25) is 0 Å². The minimum Gasteiger partial charge on any atom is -0.355 e. The van der Waals surface area contributed by atoms with Gasteiger partial charge in [-0.05, 0) is 61.1 Å². The van der Waals surface area contributed by atoms with Gasteiger partial charge in [-0.25, -0.2) is 9.37 Å². The lowest BCUT2D eigenvalue weighted by molar-refractivity contribution is 0.0663. The summed E-state index contributed by atoms with van der Waals surface area (Å²) in [6, 6.07) is 18.6. The molecule has 2 aromatic heterocycles. The molecular formula is C32H32FN5OS. The average Bonchev–Trinajstić information content (AvgIpc) is 3.37. The lowest BCUT2D eigenvalue weighted by atomic mass is 9.98. The molecule has 3 aromatic carbocycles. The van der Waals surface area contributed by atoms with Crippen LogP contribution in [0.25, 0.3) is 32.2 Å². The van der Waals surface area contributed by atoms with Crippen LogP contribution >= 0.6 is 11.3 Å². The quantitative estimate of drug-likeness (QED) is 0.258. The van der Waals surface area contributed by atoms with E-state index in [1.807, 2.05) is 31.3 Å². The maximum Gasteiger partial charge on any atom is 0.254 e. The molecule has 1 aliphatic heterocycles. The molecule has 0 saturated carbocycles. The highest BCUT2D eigenvalue weighted by Gasteiger charge is 2.22. The van der Waals surface area contributed by atoms with Gasteiger partial charge in [-0.2, -0.15) is 0 Å². The summed E-state index contributed by atoms with van der Waals surface area (Å²) >= 11 is 1.72. The maximum atomic E-state index is 15.4. The number of fused-ring (bicyclic) bond motifs is 2. The summed E-state index contributed by atoms with van der Waals surface area (Å²) in [7, 11) is 2.04. The van der Waals surface area contributed by atoms with E-state index >= 15 is 4.39 Å². The summed E-state index contributed by atoms with van der Waals surface area (Å²) in [5.74, 6) is -0.541. The Balaban J connectivity index is 1.29. The molecule has 6 nitrogen and oxygen atoms in total. The van der Waals surface area contributed by atoms with E-state index in [1.165, 1.54) is 6.07 Å². The number of hydrogen-bond donors (Lipinski definition) is 1. The zero-order chi connectivity index (χ0) is 28.0. The number of benzene rings is 3. The van der Waals surface area contributed by atoms with Gasteiger partial charge in [0.05, 0.1) is 20.7 Å². The van der Waals surface area contributed by atoms with Crippen LogP contribution < -0.4 is 5.32 Å². The standard InChI is InChI=1S/C32H32FN5OS/c1-32(2,3)31-36-28-19-22(7-10-29(28)40-31)35-27-11-12-34-26-9-6-20(17-24(26)27)23-8-5-21(18-25(23)33)30(39)38-15-13-37(4)14-16-38/h5-12,17-19H,13-16H2,1-4H3,(H,34,35). The number of likely N-dealkylation sites (N-methyl/N-ethyl adjacent to an activating group) is 1. The molecule has 204 valence electrons. The first-order chi connectivity index (χ1) is 19.2. The third-order valence-corrected chi connectivity index (χ3v) is 8.83. The fourth-order valence-corrected chi connectivity index (χ4v) is 5.98. The zero-order valence-electron chi connectivity index (χ0n) is 23.2. The van der Waals surface area contributed by atoms with Gasteiger partial charge in [0.1, 0.15) is 5.82 Å². The van der Waals surface area contributed by atoms with Crippen molar-refractivity contribution in [3.63, 3.8) is 0 Å². The molecule has 1 fully saturated rings. The summed E-state index contributed by atoms with van der Waals surface area (Å²) in [6.45, 7) is 9.47. The van der Waals surface area contributed by atoms with Gasteiger partial charge in [-0.1, -0.05) is 32.9 Å². The van der Waals surface area contributed by atoms with Crippen molar-refractivity contribution in [3.8, 4) is 11.1 Å². The first-order valence-electron chi connectivity index (χ1n) is 13.5. The molecular weight excluding hydrogens is 521 g/mol. The monoisotopic (exact) mass is 553 g/mol. The molecule has 1 amide bonds. The van der Waals surface area contributed by atoms with Gasteiger partial charge in [-0.15, -0.1) is 11.3 Å². The van der Waals surface area contributed by atoms with Crippen molar-refractivity contribution in [2.45, 2.75) is 26.2 Å². The van der Waals surface area contributed by atoms with Crippen LogP contribution in [0.3, 0.4) is 0 Å². The number of thiazole rings is 1. The Hall–Kier alpha value is -3.88. The molecule has 0 spiro atoms. The van der Waals surface area contributed by atoms with Gasteiger partial charge in [0.25, 0.3) is 5.91 Å². The minimum absolute atomic E-state index is 0.000316. The molecule has 1 aliphatic rings. The molecule has 0 atom stereocenters. The Morgan fingerprint density at radius 1 is 0.950 bits per heavy atom. The highest BCUT2D eigenvalue weighted by molar-refractivity contribution is 7.18. The molecule has 8 heteroatoms. The molecule has 0 aliphatic carbocycles. The van der Waals surface area contributed by atoms with E-state index < -0.39 is 5.82 Å². The van der Waals surface area contributed by atoms with Crippen molar-refractivity contribution in [1.82, 2.24) is 19.8 Å². The van der Waals surface area contributed by atoms with Gasteiger partial charge in [0.15, 0.2) is 0 Å². The molecule has 40 heavy (non-hydrogen) atoms. The van der Waals surface area contributed by atoms with Crippen LogP contribution in [0.1, 0.15) is 36.1 Å². The number of carbonyl (C=O) groups is 1. The zero-order valence-corrected chi connectivity index (χ0v) is 24.0. The lowest BCUT2D eigenvalue weighted by Gasteiger charge is -2.32. The average molecular weight is 554 g/mol. The topological polar surface area (TPSA) is 61.4 Å². The fourth-order valence-electron chi connectivity index (χ4n) is 4.98. The summed E-state index contributed by atoms with van der Waals surface area (Å²) in [6.07, 6.45) is 1.77. The number of carbonyl (C=O) groups excluding carboxylic acids is 1. The van der Waals surface area contributed by atoms with Crippen LogP contribution in [-0.2, 0) is 5.41 Å². The number of aromatic nitrogens is 2. The van der Waals surface area contributed by atoms with Gasteiger partial charge < -0.3 is 15.1 Å². The summed E-state index contributed by atoms with van der Waals surface area (Å²) in [5, 5.41) is 5.51. The highest BCUT2D eigenvalue weighted by atomic mass is 32.1. The van der Waals surface area contributed by atoms with Crippen molar-refractivity contribution >= 4 is 49.7 Å². The second kappa shape index (κ2) is 10.3. The number of rotatable bonds is 4. The van der Waals surface area contributed by atoms with Crippen LogP contribution in [0, 0.1) is 5.82 Å². The third-order valence-electron chi connectivity index (χ3n) is 7.37. The molecule has 0 radical (unpaired) electrons. The molecule has 6 rings (SSSR count). The molecule has 0 unspecified atom stereocenters. The van der Waals surface area contributed by atoms with Crippen LogP contribution in [-0.4, -0.2) is 58.9 Å². The van der Waals surface area contributed by atoms with Crippen molar-refractivity contribution in [2.24, 2.45) is 0 Å². The SMILES string of the molecule is CN1CCN(C(=O)c2ccc(-c3ccc4nccc(Nc5ccc6sc(C(C)(C)C)nc6c5)c4c3)c(F)c2)CC1. The summed E-state index contributed by atoms with van der Waals surface area (Å²) < 4.78 is 16.5. The van der Waals surface area contributed by atoms with E-state index in [4.69, 9.17) is 4.98 Å². The van der Waals surface area contributed by atoms with Crippen LogP contribution in [0.4, 0.5) is 15.8 Å². The minimum atomic E-state index is -0.415. The number of halogens is 1. The van der Waals surface area contributed by atoms with Crippen molar-refractivity contribution in [1.29, 1.82) is 0 Å². The molecule has 0 bridgehead atoms. The molecule has 5 aromatic rings. The summed E-state index contributed by atoms with van der Waals surface area (Å²) in [5.41, 5.74) is 5.12. The lowest BCUT2D eigenvalue weighted by Crippen LogP contribution is -2.47. The number of amides is 1. The van der Waals surface area contributed by atoms with Crippen molar-refractivity contribution in [2.75, 3.05) is 38.5 Å². The normalized spacial score (nSPS) is 14.7. The third kappa shape index (κ3) is 5.17. The van der Waals surface area contributed by atoms with E-state index in [1.54, 1.807) is 34.6 Å². The Labute approximate surface area is 237 Å². The number of pyridine rings is 1. The van der Waals surface area contributed by atoms with Gasteiger partial charge in [0.2, 0.25) is 0 Å². The number of nitrogens with one attached hydrogen (secondary N) is 1. The van der Waals surface area contributed by atoms with Crippen LogP contribution in [0.15, 0.2) is 66.9 Å². The molecule has 1 N–H and O–H groups in total. The van der Waals surface area contributed by atoms with Crippen LogP contribution in [0.5, 0.6) is 0 Å². The first kappa shape index (κ1) is 26.3. The Morgan fingerprint density at radius 2 is 1.75 bits per heavy atom. The van der Waals surface area contributed by atoms with Gasteiger partial charge >= 0.3 is 0 Å². The number of anilines is 2. The van der Waals surface area contributed by atoms with E-state index in [-0.39, 0.29) is 11.3 Å². The number of hydrogen-bond acceptors (Lipinski definition) is 6. The number of nitrogens with zero attached hydrogens (tertiary/aromatic N) is 4. The largest absolute Gasteiger partial charge is 0.355 e. The Bertz CT molecular complexity index is 1730. The highest BCUT2D eigenvalue weighted by Crippen LogP contribution is 2.35. The first-order valence-corrected chi connectivity index (χ1v) is 14.3. The van der Waals surface area contributed by atoms with Crippen molar-refractivity contribution < 1.29 is 9.18 Å². The van der Waals surface area contributed by atoms with E-state index in [9.17, 15) is 4.79 Å². The Morgan fingerprint density at radius 3 is 2.50 bits per heavy atom. The number of piperazine rings is 1. The predicted octanol–water partition coefficient (Wildman–Crippen LogP) is 7.08. The Kier molecular flexibility index (Phi) is 6.76. The molecule has 1 saturated heterocycles. The predicted molar refractivity (Wildman–Crippen MR) is 162 cm³/mol. The molecule has 3 heterocycles. The second-order valence-electron chi connectivity index (χ2n) is 11.5. The second-order valence-corrected chi connectivity index (χ2v) is 12.5. The van der Waals surface area contributed by atoms with Gasteiger partial charge in [0, 0.05) is 65.7 Å². The van der Waals surface area contributed by atoms with E-state index in [2.05, 4.69) is 54.2 Å². The van der Waals surface area contributed by atoms with Gasteiger partial charge in [-0.3, -0.25) is 9.78 Å². The van der Waals surface area contributed by atoms with Crippen molar-refractivity contribution in [3.05, 3.63) is 83.2 Å². The maximum absolute atomic E-state index is 15.4. The fraction of sp³-hybridized carbons (Fsp3) is 0.281. The van der Waals surface area contributed by atoms with E-state index in [0.717, 1.165) is 56.2 Å².